The third kappa shape index (κ3) is 3.72. The number of thioether (sulfide) groups is 1. The van der Waals surface area contributed by atoms with Gasteiger partial charge in [0.2, 0.25) is 11.7 Å². The molecule has 0 fully saturated rings. The summed E-state index contributed by atoms with van der Waals surface area (Å²) in [7, 11) is 1.74. The van der Waals surface area contributed by atoms with Crippen molar-refractivity contribution in [2.75, 3.05) is 5.75 Å². The molecular weight excluding hydrogens is 399 g/mol. The Bertz CT molecular complexity index is 1200. The highest BCUT2D eigenvalue weighted by molar-refractivity contribution is 7.99. The molecule has 0 unspecified atom stereocenters. The lowest BCUT2D eigenvalue weighted by atomic mass is 10.1. The van der Waals surface area contributed by atoms with Gasteiger partial charge in [0.25, 0.3) is 5.56 Å². The lowest BCUT2D eigenvalue weighted by Crippen LogP contribution is -2.18. The number of hydrogen-bond donors (Lipinski definition) is 0. The van der Waals surface area contributed by atoms with Gasteiger partial charge in [0, 0.05) is 24.8 Å². The molecule has 3 heterocycles. The summed E-state index contributed by atoms with van der Waals surface area (Å²) in [5.41, 5.74) is 1.89. The lowest BCUT2D eigenvalue weighted by Gasteiger charge is -2.06. The van der Waals surface area contributed by atoms with Gasteiger partial charge in [0.15, 0.2) is 5.16 Å². The van der Waals surface area contributed by atoms with Crippen LogP contribution in [0.15, 0.2) is 44.1 Å². The van der Waals surface area contributed by atoms with Crippen LogP contribution in [0, 0.1) is 12.7 Å². The first-order valence-corrected chi connectivity index (χ1v) is 10.6. The maximum Gasteiger partial charge on any atom is 0.271 e. The molecule has 4 aromatic rings. The van der Waals surface area contributed by atoms with Crippen LogP contribution in [0.2, 0.25) is 0 Å². The Kier molecular flexibility index (Phi) is 5.27. The molecule has 0 N–H and O–H groups in total. The summed E-state index contributed by atoms with van der Waals surface area (Å²) in [4.78, 5) is 21.2. The van der Waals surface area contributed by atoms with Gasteiger partial charge < -0.3 is 4.52 Å². The first kappa shape index (κ1) is 18.8. The number of hydrogen-bond acceptors (Lipinski definition) is 7. The average Bonchev–Trinajstić information content (AvgIpc) is 3.34. The van der Waals surface area contributed by atoms with Crippen LogP contribution in [0.25, 0.3) is 21.6 Å². The van der Waals surface area contributed by atoms with Crippen LogP contribution >= 0.6 is 23.1 Å². The molecule has 0 amide bonds. The monoisotopic (exact) mass is 416 g/mol. The van der Waals surface area contributed by atoms with E-state index >= 15 is 0 Å². The van der Waals surface area contributed by atoms with Gasteiger partial charge in [-0.25, -0.2) is 9.37 Å². The zero-order valence-electron chi connectivity index (χ0n) is 15.3. The van der Waals surface area contributed by atoms with Crippen molar-refractivity contribution in [2.45, 2.75) is 24.9 Å². The average molecular weight is 417 g/mol. The van der Waals surface area contributed by atoms with Gasteiger partial charge in [-0.15, -0.1) is 11.3 Å². The van der Waals surface area contributed by atoms with Crippen molar-refractivity contribution < 1.29 is 8.91 Å². The Balaban J connectivity index is 1.37. The van der Waals surface area contributed by atoms with Crippen LogP contribution < -0.4 is 5.56 Å². The summed E-state index contributed by atoms with van der Waals surface area (Å²) >= 11 is 2.93. The number of benzene rings is 1. The first-order chi connectivity index (χ1) is 13.5. The zero-order valence-corrected chi connectivity index (χ0v) is 16.9. The molecule has 0 bridgehead atoms. The smallest absolute Gasteiger partial charge is 0.271 e. The lowest BCUT2D eigenvalue weighted by molar-refractivity contribution is 0.378. The normalized spacial score (nSPS) is 11.4. The van der Waals surface area contributed by atoms with E-state index in [4.69, 9.17) is 4.52 Å². The van der Waals surface area contributed by atoms with Gasteiger partial charge in [-0.3, -0.25) is 9.36 Å². The molecule has 0 radical (unpaired) electrons. The molecular formula is C19H17FN4O2S2. The Hall–Kier alpha value is -2.52. The molecule has 28 heavy (non-hydrogen) atoms. The van der Waals surface area contributed by atoms with E-state index in [9.17, 15) is 9.18 Å². The maximum absolute atomic E-state index is 13.7. The summed E-state index contributed by atoms with van der Waals surface area (Å²) in [5, 5.41) is 6.50. The van der Waals surface area contributed by atoms with Crippen LogP contribution in [0.3, 0.4) is 0 Å². The summed E-state index contributed by atoms with van der Waals surface area (Å²) in [6, 6.07) is 6.74. The van der Waals surface area contributed by atoms with Gasteiger partial charge in [0.1, 0.15) is 10.5 Å². The highest BCUT2D eigenvalue weighted by atomic mass is 32.2. The topological polar surface area (TPSA) is 73.8 Å². The summed E-state index contributed by atoms with van der Waals surface area (Å²) in [6.07, 6.45) is 1.38. The molecule has 4 rings (SSSR count). The fourth-order valence-corrected chi connectivity index (χ4v) is 4.41. The third-order valence-electron chi connectivity index (χ3n) is 4.31. The molecule has 0 saturated carbocycles. The number of halogens is 1. The molecule has 0 spiro atoms. The van der Waals surface area contributed by atoms with Gasteiger partial charge >= 0.3 is 0 Å². The van der Waals surface area contributed by atoms with E-state index in [0.717, 1.165) is 17.7 Å². The van der Waals surface area contributed by atoms with E-state index in [1.54, 1.807) is 30.7 Å². The maximum atomic E-state index is 13.7. The highest BCUT2D eigenvalue weighted by Gasteiger charge is 2.12. The van der Waals surface area contributed by atoms with Crippen molar-refractivity contribution >= 4 is 33.3 Å². The number of thiophene rings is 1. The van der Waals surface area contributed by atoms with Crippen LogP contribution in [-0.4, -0.2) is 25.4 Å². The Morgan fingerprint density at radius 1 is 1.29 bits per heavy atom. The van der Waals surface area contributed by atoms with Crippen molar-refractivity contribution in [3.05, 3.63) is 57.3 Å². The molecule has 0 aliphatic carbocycles. The van der Waals surface area contributed by atoms with Crippen molar-refractivity contribution in [3.63, 3.8) is 0 Å². The summed E-state index contributed by atoms with van der Waals surface area (Å²) < 4.78 is 21.2. The van der Waals surface area contributed by atoms with E-state index in [1.165, 1.54) is 29.2 Å². The van der Waals surface area contributed by atoms with Crippen molar-refractivity contribution in [1.29, 1.82) is 0 Å². The quantitative estimate of drug-likeness (QED) is 0.266. The van der Waals surface area contributed by atoms with Crippen LogP contribution in [0.5, 0.6) is 0 Å². The molecule has 3 aromatic heterocycles. The van der Waals surface area contributed by atoms with E-state index in [2.05, 4.69) is 15.1 Å². The van der Waals surface area contributed by atoms with Crippen LogP contribution in [0.1, 0.15) is 17.9 Å². The molecule has 144 valence electrons. The predicted molar refractivity (Wildman–Crippen MR) is 108 cm³/mol. The van der Waals surface area contributed by atoms with E-state index in [-0.39, 0.29) is 11.4 Å². The number of aryl methyl sites for hydroxylation is 2. The third-order valence-corrected chi connectivity index (χ3v) is 6.32. The summed E-state index contributed by atoms with van der Waals surface area (Å²) in [6.45, 7) is 1.71. The number of rotatable bonds is 6. The molecule has 0 atom stereocenters. The van der Waals surface area contributed by atoms with Crippen LogP contribution in [-0.2, 0) is 13.5 Å². The first-order valence-electron chi connectivity index (χ1n) is 8.69. The number of aromatic nitrogens is 4. The molecule has 1 aromatic carbocycles. The van der Waals surface area contributed by atoms with Crippen molar-refractivity contribution in [1.82, 2.24) is 19.7 Å². The van der Waals surface area contributed by atoms with E-state index in [0.29, 0.717) is 39.1 Å². The molecule has 9 heteroatoms. The Labute approximate surface area is 168 Å². The second kappa shape index (κ2) is 7.84. The van der Waals surface area contributed by atoms with Crippen molar-refractivity contribution in [2.24, 2.45) is 7.05 Å². The minimum atomic E-state index is -0.291. The summed E-state index contributed by atoms with van der Waals surface area (Å²) in [5.74, 6) is 1.36. The fraction of sp³-hybridized carbons (Fsp3) is 0.263. The second-order valence-electron chi connectivity index (χ2n) is 6.32. The molecule has 0 saturated heterocycles. The van der Waals surface area contributed by atoms with E-state index in [1.807, 2.05) is 11.4 Å². The minimum Gasteiger partial charge on any atom is -0.339 e. The standard InChI is InChI=1S/C19H17FN4O2S2/c1-11-5-6-12(10-13(11)20)17-22-15(26-23-17)4-3-8-28-19-21-14-7-9-27-16(14)18(25)24(19)2/h5-7,9-10H,3-4,8H2,1-2H3. The van der Waals surface area contributed by atoms with Crippen LogP contribution in [0.4, 0.5) is 4.39 Å². The number of nitrogens with zero attached hydrogens (tertiary/aromatic N) is 4. The fourth-order valence-electron chi connectivity index (χ4n) is 2.69. The van der Waals surface area contributed by atoms with Gasteiger partial charge in [0.05, 0.1) is 5.52 Å². The predicted octanol–water partition coefficient (Wildman–Crippen LogP) is 4.22. The second-order valence-corrected chi connectivity index (χ2v) is 8.30. The Morgan fingerprint density at radius 3 is 2.96 bits per heavy atom. The SMILES string of the molecule is Cc1ccc(-c2noc(CCCSc3nc4ccsc4c(=O)n3C)n2)cc1F. The highest BCUT2D eigenvalue weighted by Crippen LogP contribution is 2.22. The Morgan fingerprint density at radius 2 is 2.14 bits per heavy atom. The molecule has 6 nitrogen and oxygen atoms in total. The largest absolute Gasteiger partial charge is 0.339 e. The minimum absolute atomic E-state index is 0.0191. The molecule has 0 aliphatic rings. The van der Waals surface area contributed by atoms with Gasteiger partial charge in [-0.2, -0.15) is 4.98 Å². The van der Waals surface area contributed by atoms with Gasteiger partial charge in [-0.05, 0) is 36.4 Å². The number of fused-ring (bicyclic) bond motifs is 1. The van der Waals surface area contributed by atoms with E-state index < -0.39 is 0 Å². The zero-order chi connectivity index (χ0) is 19.7. The van der Waals surface area contributed by atoms with Gasteiger partial charge in [-0.1, -0.05) is 29.1 Å². The van der Waals surface area contributed by atoms with Crippen molar-refractivity contribution in [3.8, 4) is 11.4 Å². The molecule has 0 aliphatic heterocycles.